The summed E-state index contributed by atoms with van der Waals surface area (Å²) in [6.45, 7) is 6.22. The van der Waals surface area contributed by atoms with Crippen LogP contribution in [0, 0.1) is 17.8 Å². The van der Waals surface area contributed by atoms with Crippen molar-refractivity contribution in [2.45, 2.75) is 80.0 Å². The van der Waals surface area contributed by atoms with Gasteiger partial charge in [0, 0.05) is 11.2 Å². The molecule has 0 aromatic heterocycles. The maximum Gasteiger partial charge on any atom is 0.261 e. The smallest absolute Gasteiger partial charge is 0.261 e. The van der Waals surface area contributed by atoms with Gasteiger partial charge in [-0.1, -0.05) is 32.9 Å². The van der Waals surface area contributed by atoms with Gasteiger partial charge in [0.05, 0.1) is 9.79 Å². The minimum absolute atomic E-state index is 0.0682. The van der Waals surface area contributed by atoms with E-state index < -0.39 is 20.0 Å². The van der Waals surface area contributed by atoms with Crippen LogP contribution in [0.5, 0.6) is 0 Å². The van der Waals surface area contributed by atoms with E-state index in [-0.39, 0.29) is 20.7 Å². The summed E-state index contributed by atoms with van der Waals surface area (Å²) in [5, 5.41) is 0. The lowest BCUT2D eigenvalue weighted by atomic mass is 9.53. The first kappa shape index (κ1) is 23.8. The Morgan fingerprint density at radius 2 is 1.15 bits per heavy atom. The SMILES string of the molecule is CC(C)(C)c1ccc(S(=O)(=O)Nc2ccc(S(=O)(=O)NC34CC5CC(CC(C5)C3)C4)cc2)cc1. The van der Waals surface area contributed by atoms with Crippen molar-refractivity contribution in [1.29, 1.82) is 0 Å². The van der Waals surface area contributed by atoms with Crippen LogP contribution in [0.4, 0.5) is 5.69 Å². The highest BCUT2D eigenvalue weighted by Crippen LogP contribution is 2.56. The lowest BCUT2D eigenvalue weighted by molar-refractivity contribution is -0.00810. The highest BCUT2D eigenvalue weighted by molar-refractivity contribution is 7.92. The molecular weight excluding hydrogens is 468 g/mol. The van der Waals surface area contributed by atoms with Crippen molar-refractivity contribution in [1.82, 2.24) is 4.72 Å². The number of nitrogens with one attached hydrogen (secondary N) is 2. The number of anilines is 1. The number of benzene rings is 2. The van der Waals surface area contributed by atoms with E-state index in [0.29, 0.717) is 23.4 Å². The zero-order valence-electron chi connectivity index (χ0n) is 20.0. The molecule has 0 unspecified atom stereocenters. The number of hydrogen-bond acceptors (Lipinski definition) is 4. The van der Waals surface area contributed by atoms with Crippen LogP contribution in [-0.4, -0.2) is 22.4 Å². The van der Waals surface area contributed by atoms with Crippen LogP contribution in [0.3, 0.4) is 0 Å². The van der Waals surface area contributed by atoms with Gasteiger partial charge in [0.2, 0.25) is 10.0 Å². The maximum atomic E-state index is 13.2. The van der Waals surface area contributed by atoms with E-state index in [0.717, 1.165) is 24.8 Å². The van der Waals surface area contributed by atoms with Crippen LogP contribution in [0.2, 0.25) is 0 Å². The van der Waals surface area contributed by atoms with Crippen molar-refractivity contribution in [3.63, 3.8) is 0 Å². The van der Waals surface area contributed by atoms with E-state index in [4.69, 9.17) is 0 Å². The lowest BCUT2D eigenvalue weighted by Gasteiger charge is -2.56. The van der Waals surface area contributed by atoms with Gasteiger partial charge in [-0.25, -0.2) is 21.6 Å². The third kappa shape index (κ3) is 4.64. The Balaban J connectivity index is 1.29. The molecule has 0 amide bonds. The van der Waals surface area contributed by atoms with Gasteiger partial charge in [0.1, 0.15) is 0 Å². The fraction of sp³-hybridized carbons (Fsp3) is 0.538. The topological polar surface area (TPSA) is 92.3 Å². The molecule has 4 aliphatic rings. The van der Waals surface area contributed by atoms with Gasteiger partial charge in [-0.3, -0.25) is 4.72 Å². The van der Waals surface area contributed by atoms with Gasteiger partial charge in [-0.05, 0) is 104 Å². The van der Waals surface area contributed by atoms with Crippen molar-refractivity contribution < 1.29 is 16.8 Å². The number of rotatable bonds is 6. The van der Waals surface area contributed by atoms with Gasteiger partial charge in [0.15, 0.2) is 0 Å². The van der Waals surface area contributed by atoms with E-state index >= 15 is 0 Å². The molecule has 6 rings (SSSR count). The molecule has 0 aliphatic heterocycles. The molecule has 4 bridgehead atoms. The minimum atomic E-state index is -3.78. The molecule has 4 saturated carbocycles. The molecule has 0 atom stereocenters. The van der Waals surface area contributed by atoms with Crippen LogP contribution < -0.4 is 9.44 Å². The highest BCUT2D eigenvalue weighted by Gasteiger charge is 2.52. The molecule has 0 radical (unpaired) electrons. The minimum Gasteiger partial charge on any atom is -0.280 e. The van der Waals surface area contributed by atoms with Crippen molar-refractivity contribution in [2.75, 3.05) is 4.72 Å². The van der Waals surface area contributed by atoms with E-state index in [2.05, 4.69) is 30.2 Å². The Morgan fingerprint density at radius 3 is 1.62 bits per heavy atom. The van der Waals surface area contributed by atoms with Gasteiger partial charge >= 0.3 is 0 Å². The monoisotopic (exact) mass is 502 g/mol. The number of sulfonamides is 2. The van der Waals surface area contributed by atoms with Gasteiger partial charge in [0.25, 0.3) is 10.0 Å². The second-order valence-corrected chi connectivity index (χ2v) is 15.1. The Labute approximate surface area is 203 Å². The van der Waals surface area contributed by atoms with Crippen molar-refractivity contribution in [3.05, 3.63) is 54.1 Å². The van der Waals surface area contributed by atoms with E-state index in [9.17, 15) is 16.8 Å². The summed E-state index contributed by atoms with van der Waals surface area (Å²) in [7, 11) is -7.46. The molecule has 0 spiro atoms. The molecule has 6 nitrogen and oxygen atoms in total. The summed E-state index contributed by atoms with van der Waals surface area (Å²) in [5.41, 5.74) is 0.995. The Morgan fingerprint density at radius 1 is 0.706 bits per heavy atom. The zero-order valence-corrected chi connectivity index (χ0v) is 21.7. The Kier molecular flexibility index (Phi) is 5.65. The third-order valence-electron chi connectivity index (χ3n) is 7.84. The lowest BCUT2D eigenvalue weighted by Crippen LogP contribution is -2.59. The Bertz CT molecular complexity index is 1240. The van der Waals surface area contributed by atoms with Crippen LogP contribution in [-0.2, 0) is 25.5 Å². The predicted octanol–water partition coefficient (Wildman–Crippen LogP) is 5.03. The maximum absolute atomic E-state index is 13.2. The first-order chi connectivity index (χ1) is 15.8. The van der Waals surface area contributed by atoms with E-state index in [1.807, 2.05) is 12.1 Å². The third-order valence-corrected chi connectivity index (χ3v) is 10.8. The summed E-state index contributed by atoms with van der Waals surface area (Å²) in [5.74, 6) is 1.93. The second kappa shape index (κ2) is 8.07. The first-order valence-corrected chi connectivity index (χ1v) is 15.1. The first-order valence-electron chi connectivity index (χ1n) is 12.1. The normalized spacial score (nSPS) is 28.7. The van der Waals surface area contributed by atoms with Gasteiger partial charge in [-0.15, -0.1) is 0 Å². The predicted molar refractivity (Wildman–Crippen MR) is 134 cm³/mol. The molecular formula is C26H34N2O4S2. The zero-order chi connectivity index (χ0) is 24.4. The summed E-state index contributed by atoms with van der Waals surface area (Å²) in [4.78, 5) is 0.335. The molecule has 34 heavy (non-hydrogen) atoms. The fourth-order valence-corrected chi connectivity index (χ4v) is 9.12. The summed E-state index contributed by atoms with van der Waals surface area (Å²) < 4.78 is 57.6. The van der Waals surface area contributed by atoms with Gasteiger partial charge < -0.3 is 0 Å². The standard InChI is InChI=1S/C26H34N2O4S2/c1-25(2,3)21-4-8-23(9-5-21)33(29,30)27-22-6-10-24(11-7-22)34(31,32)28-26-15-18-12-19(16-26)14-20(13-18)17-26/h4-11,18-20,27-28H,12-17H2,1-3H3. The molecule has 2 aromatic rings. The van der Waals surface area contributed by atoms with Crippen LogP contribution >= 0.6 is 0 Å². The quantitative estimate of drug-likeness (QED) is 0.579. The molecule has 4 aliphatic carbocycles. The van der Waals surface area contributed by atoms with E-state index in [1.54, 1.807) is 12.1 Å². The van der Waals surface area contributed by atoms with Crippen LogP contribution in [0.1, 0.15) is 64.9 Å². The van der Waals surface area contributed by atoms with Crippen molar-refractivity contribution in [3.8, 4) is 0 Å². The number of hydrogen-bond donors (Lipinski definition) is 2. The molecule has 4 fully saturated rings. The van der Waals surface area contributed by atoms with Crippen LogP contribution in [0.15, 0.2) is 58.3 Å². The fourth-order valence-electron chi connectivity index (χ4n) is 6.63. The largest absolute Gasteiger partial charge is 0.280 e. The van der Waals surface area contributed by atoms with Crippen LogP contribution in [0.25, 0.3) is 0 Å². The average molecular weight is 503 g/mol. The molecule has 8 heteroatoms. The molecule has 184 valence electrons. The molecule has 2 aromatic carbocycles. The summed E-state index contributed by atoms with van der Waals surface area (Å²) >= 11 is 0. The highest BCUT2D eigenvalue weighted by atomic mass is 32.2. The van der Waals surface area contributed by atoms with Crippen molar-refractivity contribution in [2.24, 2.45) is 17.8 Å². The summed E-state index contributed by atoms with van der Waals surface area (Å²) in [6.07, 6.45) is 6.54. The van der Waals surface area contributed by atoms with Gasteiger partial charge in [-0.2, -0.15) is 0 Å². The summed E-state index contributed by atoms with van der Waals surface area (Å²) in [6, 6.07) is 12.8. The molecule has 0 saturated heterocycles. The average Bonchev–Trinajstić information content (AvgIpc) is 2.71. The second-order valence-electron chi connectivity index (χ2n) is 11.7. The van der Waals surface area contributed by atoms with E-state index in [1.165, 1.54) is 43.5 Å². The Hall–Kier alpha value is -1.90. The molecule has 0 heterocycles. The van der Waals surface area contributed by atoms with Crippen molar-refractivity contribution >= 4 is 25.7 Å². The molecule has 2 N–H and O–H groups in total.